The molecule has 1 aliphatic heterocycles. The highest BCUT2D eigenvalue weighted by Gasteiger charge is 2.34. The van der Waals surface area contributed by atoms with Crippen LogP contribution in [0.1, 0.15) is 26.2 Å². The molecule has 0 bridgehead atoms. The summed E-state index contributed by atoms with van der Waals surface area (Å²) in [5.74, 6) is 0.104. The molecule has 1 N–H and O–H groups in total. The summed E-state index contributed by atoms with van der Waals surface area (Å²) < 4.78 is 27.7. The van der Waals surface area contributed by atoms with E-state index in [-0.39, 0.29) is 22.0 Å². The van der Waals surface area contributed by atoms with Crippen LogP contribution in [0.5, 0.6) is 0 Å². The van der Waals surface area contributed by atoms with E-state index in [1.807, 2.05) is 32.2 Å². The van der Waals surface area contributed by atoms with Gasteiger partial charge in [-0.25, -0.2) is 8.42 Å². The molecule has 1 aromatic carbocycles. The molecule has 0 unspecified atom stereocenters. The van der Waals surface area contributed by atoms with E-state index in [0.717, 1.165) is 30.0 Å². The molecule has 9 heteroatoms. The molecule has 1 atom stereocenters. The predicted octanol–water partition coefficient (Wildman–Crippen LogP) is 4.08. The van der Waals surface area contributed by atoms with Gasteiger partial charge in [0.05, 0.1) is 4.34 Å². The number of halogens is 1. The van der Waals surface area contributed by atoms with Gasteiger partial charge in [-0.3, -0.25) is 4.79 Å². The van der Waals surface area contributed by atoms with Crippen molar-refractivity contribution in [3.63, 3.8) is 0 Å². The minimum absolute atomic E-state index is 0.0497. The minimum Gasteiger partial charge on any atom is -0.375 e. The van der Waals surface area contributed by atoms with E-state index in [2.05, 4.69) is 22.3 Å². The molecule has 6 nitrogen and oxygen atoms in total. The number of thiophene rings is 1. The Hall–Kier alpha value is -1.61. The van der Waals surface area contributed by atoms with Crippen molar-refractivity contribution < 1.29 is 13.2 Å². The smallest absolute Gasteiger partial charge is 0.252 e. The molecule has 2 aromatic rings. The fraction of sp³-hybridized carbons (Fsp3) is 0.500. The van der Waals surface area contributed by atoms with Crippen LogP contribution in [0.4, 0.5) is 5.69 Å². The number of anilines is 1. The van der Waals surface area contributed by atoms with Crippen LogP contribution in [0.2, 0.25) is 4.34 Å². The Bertz CT molecular complexity index is 957. The largest absolute Gasteiger partial charge is 0.375 e. The molecule has 0 radical (unpaired) electrons. The van der Waals surface area contributed by atoms with Gasteiger partial charge in [0.25, 0.3) is 10.0 Å². The number of nitrogens with one attached hydrogen (secondary N) is 1. The number of carbonyl (C=O) groups is 1. The molecule has 0 aliphatic carbocycles. The van der Waals surface area contributed by atoms with Gasteiger partial charge in [-0.15, -0.1) is 11.3 Å². The van der Waals surface area contributed by atoms with Gasteiger partial charge in [-0.1, -0.05) is 36.7 Å². The van der Waals surface area contributed by atoms with Crippen molar-refractivity contribution in [3.05, 3.63) is 46.8 Å². The fourth-order valence-electron chi connectivity index (χ4n) is 3.89. The molecule has 170 valence electrons. The number of hydrogen-bond donors (Lipinski definition) is 1. The van der Waals surface area contributed by atoms with Gasteiger partial charge in [-0.2, -0.15) is 4.31 Å². The number of hydrogen-bond acceptors (Lipinski definition) is 5. The summed E-state index contributed by atoms with van der Waals surface area (Å²) in [5, 5.41) is 3.05. The number of nitrogens with zero attached hydrogens (tertiary/aromatic N) is 2. The quantitative estimate of drug-likeness (QED) is 0.545. The predicted molar refractivity (Wildman–Crippen MR) is 127 cm³/mol. The topological polar surface area (TPSA) is 69.7 Å². The lowest BCUT2D eigenvalue weighted by molar-refractivity contribution is -0.126. The van der Waals surface area contributed by atoms with Gasteiger partial charge < -0.3 is 10.2 Å². The van der Waals surface area contributed by atoms with Gasteiger partial charge >= 0.3 is 0 Å². The maximum atomic E-state index is 12.7. The van der Waals surface area contributed by atoms with E-state index in [1.165, 1.54) is 4.31 Å². The first-order valence-electron chi connectivity index (χ1n) is 10.6. The lowest BCUT2D eigenvalue weighted by Gasteiger charge is -2.33. The third-order valence-electron chi connectivity index (χ3n) is 5.93. The molecule has 2 heterocycles. The van der Waals surface area contributed by atoms with E-state index >= 15 is 0 Å². The number of piperidine rings is 1. The van der Waals surface area contributed by atoms with Gasteiger partial charge in [-0.05, 0) is 49.4 Å². The van der Waals surface area contributed by atoms with Crippen molar-refractivity contribution >= 4 is 44.6 Å². The molecule has 1 fully saturated rings. The summed E-state index contributed by atoms with van der Waals surface area (Å²) in [4.78, 5) is 14.8. The number of para-hydroxylation sites is 1. The maximum Gasteiger partial charge on any atom is 0.252 e. The second-order valence-electron chi connectivity index (χ2n) is 7.99. The van der Waals surface area contributed by atoms with Gasteiger partial charge in [0.1, 0.15) is 4.21 Å². The van der Waals surface area contributed by atoms with E-state index in [9.17, 15) is 13.2 Å². The molecular formula is C22H30ClN3O3S2. The van der Waals surface area contributed by atoms with Crippen LogP contribution in [0.3, 0.4) is 0 Å². The molecule has 1 aliphatic rings. The Morgan fingerprint density at radius 3 is 2.52 bits per heavy atom. The highest BCUT2D eigenvalue weighted by Crippen LogP contribution is 2.32. The Morgan fingerprint density at radius 2 is 1.90 bits per heavy atom. The highest BCUT2D eigenvalue weighted by molar-refractivity contribution is 7.91. The Morgan fingerprint density at radius 1 is 1.23 bits per heavy atom. The second kappa shape index (κ2) is 10.8. The van der Waals surface area contributed by atoms with Crippen molar-refractivity contribution in [3.8, 4) is 0 Å². The van der Waals surface area contributed by atoms with E-state index in [1.54, 1.807) is 12.1 Å². The third-order valence-corrected chi connectivity index (χ3v) is 9.53. The number of benzene rings is 1. The molecule has 0 saturated carbocycles. The first kappa shape index (κ1) is 24.0. The van der Waals surface area contributed by atoms with Crippen LogP contribution in [0.25, 0.3) is 0 Å². The average Bonchev–Trinajstić information content (AvgIpc) is 3.23. The van der Waals surface area contributed by atoms with Crippen LogP contribution >= 0.6 is 22.9 Å². The fourth-order valence-corrected chi connectivity index (χ4v) is 7.00. The molecule has 1 aromatic heterocycles. The zero-order valence-electron chi connectivity index (χ0n) is 18.0. The lowest BCUT2D eigenvalue weighted by Crippen LogP contribution is -2.42. The van der Waals surface area contributed by atoms with Gasteiger partial charge in [0, 0.05) is 44.8 Å². The van der Waals surface area contributed by atoms with Crippen molar-refractivity contribution in [2.75, 3.05) is 38.1 Å². The molecule has 0 spiro atoms. The Kier molecular flexibility index (Phi) is 8.38. The summed E-state index contributed by atoms with van der Waals surface area (Å²) in [5.41, 5.74) is 1.16. The Balaban J connectivity index is 1.40. The van der Waals surface area contributed by atoms with Crippen molar-refractivity contribution in [1.29, 1.82) is 0 Å². The average molecular weight is 484 g/mol. The summed E-state index contributed by atoms with van der Waals surface area (Å²) in [6.45, 7) is 4.30. The van der Waals surface area contributed by atoms with Crippen molar-refractivity contribution in [2.45, 2.75) is 30.4 Å². The number of carbonyl (C=O) groups excluding carboxylic acids is 1. The number of amides is 1. The van der Waals surface area contributed by atoms with Crippen molar-refractivity contribution in [2.24, 2.45) is 11.8 Å². The van der Waals surface area contributed by atoms with Crippen LogP contribution in [-0.2, 0) is 14.8 Å². The normalized spacial score (nSPS) is 16.7. The zero-order chi connectivity index (χ0) is 22.4. The molecular weight excluding hydrogens is 454 g/mol. The van der Waals surface area contributed by atoms with Crippen LogP contribution in [-0.4, -0.2) is 51.9 Å². The monoisotopic (exact) mass is 483 g/mol. The summed E-state index contributed by atoms with van der Waals surface area (Å²) in [6.07, 6.45) is 2.23. The van der Waals surface area contributed by atoms with Gasteiger partial charge in [0.15, 0.2) is 0 Å². The lowest BCUT2D eigenvalue weighted by atomic mass is 9.85. The van der Waals surface area contributed by atoms with Crippen LogP contribution < -0.4 is 10.2 Å². The van der Waals surface area contributed by atoms with Crippen LogP contribution in [0.15, 0.2) is 46.7 Å². The highest BCUT2D eigenvalue weighted by atomic mass is 35.5. The first-order valence-corrected chi connectivity index (χ1v) is 13.2. The number of sulfonamides is 1. The van der Waals surface area contributed by atoms with E-state index in [0.29, 0.717) is 36.8 Å². The van der Waals surface area contributed by atoms with Crippen LogP contribution in [0, 0.1) is 11.8 Å². The van der Waals surface area contributed by atoms with E-state index in [4.69, 9.17) is 11.6 Å². The van der Waals surface area contributed by atoms with E-state index < -0.39 is 10.0 Å². The molecule has 31 heavy (non-hydrogen) atoms. The molecule has 3 rings (SSSR count). The maximum absolute atomic E-state index is 12.7. The first-order chi connectivity index (χ1) is 14.8. The third kappa shape index (κ3) is 6.22. The summed E-state index contributed by atoms with van der Waals surface area (Å²) >= 11 is 6.97. The number of rotatable bonds is 9. The summed E-state index contributed by atoms with van der Waals surface area (Å²) in [7, 11) is -1.45. The molecule has 1 saturated heterocycles. The SMILES string of the molecule is C[C@H](C(=O)NCCCN(C)c1ccccc1)C1CCN(S(=O)(=O)c2ccc(Cl)s2)CC1. The second-order valence-corrected chi connectivity index (χ2v) is 11.9. The summed E-state index contributed by atoms with van der Waals surface area (Å²) in [6, 6.07) is 13.3. The zero-order valence-corrected chi connectivity index (χ0v) is 20.3. The van der Waals surface area contributed by atoms with Crippen molar-refractivity contribution in [1.82, 2.24) is 9.62 Å². The molecule has 1 amide bonds. The van der Waals surface area contributed by atoms with Gasteiger partial charge in [0.2, 0.25) is 5.91 Å². The standard InChI is InChI=1S/C22H30ClN3O3S2/c1-17(22(27)24-13-6-14-25(2)19-7-4-3-5-8-19)18-11-15-26(16-12-18)31(28,29)21-10-9-20(23)30-21/h3-5,7-10,17-18H,6,11-16H2,1-2H3,(H,24,27)/t17-/m0/s1. The minimum atomic E-state index is -3.50. The Labute approximate surface area is 194 Å².